The minimum atomic E-state index is -1.20. The summed E-state index contributed by atoms with van der Waals surface area (Å²) in [7, 11) is 0. The molecular formula is C11H19NO2. The Bertz CT molecular complexity index is 236. The Morgan fingerprint density at radius 2 is 1.93 bits per heavy atom. The zero-order valence-corrected chi connectivity index (χ0v) is 8.99. The predicted molar refractivity (Wildman–Crippen MR) is 53.8 cm³/mol. The van der Waals surface area contributed by atoms with Crippen LogP contribution in [0, 0.1) is 5.92 Å². The summed E-state index contributed by atoms with van der Waals surface area (Å²) in [5, 5.41) is 9.68. The Balaban J connectivity index is 1.97. The summed E-state index contributed by atoms with van der Waals surface area (Å²) in [6.07, 6.45) is 4.74. The molecule has 0 aromatic rings. The molecule has 2 aliphatic rings. The van der Waals surface area contributed by atoms with Gasteiger partial charge in [-0.05, 0) is 45.4 Å². The maximum Gasteiger partial charge on any atom is 0.254 e. The van der Waals surface area contributed by atoms with Crippen molar-refractivity contribution in [1.82, 2.24) is 4.90 Å². The van der Waals surface area contributed by atoms with Gasteiger partial charge in [-0.1, -0.05) is 0 Å². The van der Waals surface area contributed by atoms with Crippen molar-refractivity contribution in [1.29, 1.82) is 0 Å². The van der Waals surface area contributed by atoms with E-state index in [9.17, 15) is 9.90 Å². The highest BCUT2D eigenvalue weighted by molar-refractivity contribution is 5.84. The molecule has 0 heterocycles. The van der Waals surface area contributed by atoms with Gasteiger partial charge < -0.3 is 10.0 Å². The van der Waals surface area contributed by atoms with Crippen LogP contribution in [-0.2, 0) is 4.79 Å². The summed E-state index contributed by atoms with van der Waals surface area (Å²) in [6, 6.07) is 0.425. The Hall–Kier alpha value is -0.570. The average Bonchev–Trinajstić information content (AvgIpc) is 2.89. The number of nitrogens with zero attached hydrogens (tertiary/aromatic N) is 1. The van der Waals surface area contributed by atoms with Crippen molar-refractivity contribution in [2.24, 2.45) is 5.92 Å². The minimum absolute atomic E-state index is 0.0908. The number of hydrogen-bond donors (Lipinski definition) is 1. The molecule has 2 rings (SSSR count). The number of carbonyl (C=O) groups is 1. The van der Waals surface area contributed by atoms with Gasteiger partial charge in [0.2, 0.25) is 0 Å². The number of carbonyl (C=O) groups excluding carboxylic acids is 1. The third-order valence-corrected chi connectivity index (χ3v) is 2.92. The van der Waals surface area contributed by atoms with E-state index in [0.29, 0.717) is 12.0 Å². The van der Waals surface area contributed by atoms with Gasteiger partial charge in [-0.15, -0.1) is 0 Å². The van der Waals surface area contributed by atoms with Gasteiger partial charge in [0.1, 0.15) is 5.60 Å². The SMILES string of the molecule is CC(C)(O)C(=O)N(CC1CC1)C1CC1. The van der Waals surface area contributed by atoms with E-state index in [0.717, 1.165) is 19.4 Å². The Kier molecular flexibility index (Phi) is 2.30. The van der Waals surface area contributed by atoms with E-state index >= 15 is 0 Å². The molecule has 2 saturated carbocycles. The lowest BCUT2D eigenvalue weighted by atomic mass is 10.1. The Morgan fingerprint density at radius 1 is 1.36 bits per heavy atom. The molecule has 0 spiro atoms. The summed E-state index contributed by atoms with van der Waals surface area (Å²) in [4.78, 5) is 13.8. The number of aliphatic hydroxyl groups is 1. The largest absolute Gasteiger partial charge is 0.381 e. The molecular weight excluding hydrogens is 178 g/mol. The van der Waals surface area contributed by atoms with Crippen LogP contribution in [0.25, 0.3) is 0 Å². The molecule has 2 fully saturated rings. The molecule has 0 atom stereocenters. The number of hydrogen-bond acceptors (Lipinski definition) is 2. The zero-order chi connectivity index (χ0) is 10.3. The molecule has 0 aromatic heterocycles. The van der Waals surface area contributed by atoms with Crippen LogP contribution in [0.2, 0.25) is 0 Å². The molecule has 0 bridgehead atoms. The van der Waals surface area contributed by atoms with Gasteiger partial charge in [0.15, 0.2) is 0 Å². The van der Waals surface area contributed by atoms with E-state index in [4.69, 9.17) is 0 Å². The van der Waals surface area contributed by atoms with Crippen molar-refractivity contribution in [3.63, 3.8) is 0 Å². The van der Waals surface area contributed by atoms with Crippen molar-refractivity contribution in [2.45, 2.75) is 51.2 Å². The molecule has 0 unspecified atom stereocenters. The fourth-order valence-corrected chi connectivity index (χ4v) is 1.71. The lowest BCUT2D eigenvalue weighted by Gasteiger charge is -2.28. The molecule has 1 amide bonds. The van der Waals surface area contributed by atoms with Crippen LogP contribution in [0.1, 0.15) is 39.5 Å². The summed E-state index contributed by atoms with van der Waals surface area (Å²) >= 11 is 0. The van der Waals surface area contributed by atoms with Crippen LogP contribution in [-0.4, -0.2) is 34.1 Å². The number of amides is 1. The van der Waals surface area contributed by atoms with Gasteiger partial charge in [0.05, 0.1) is 0 Å². The first-order chi connectivity index (χ1) is 6.48. The summed E-state index contributed by atoms with van der Waals surface area (Å²) < 4.78 is 0. The maximum absolute atomic E-state index is 11.9. The van der Waals surface area contributed by atoms with Crippen LogP contribution in [0.3, 0.4) is 0 Å². The Morgan fingerprint density at radius 3 is 2.29 bits per heavy atom. The van der Waals surface area contributed by atoms with Gasteiger partial charge in [-0.3, -0.25) is 4.79 Å². The molecule has 1 N–H and O–H groups in total. The topological polar surface area (TPSA) is 40.5 Å². The van der Waals surface area contributed by atoms with Crippen molar-refractivity contribution >= 4 is 5.91 Å². The van der Waals surface area contributed by atoms with Gasteiger partial charge in [0.25, 0.3) is 5.91 Å². The van der Waals surface area contributed by atoms with E-state index in [2.05, 4.69) is 0 Å². The van der Waals surface area contributed by atoms with Crippen LogP contribution >= 0.6 is 0 Å². The summed E-state index contributed by atoms with van der Waals surface area (Å²) in [6.45, 7) is 4.03. The monoisotopic (exact) mass is 197 g/mol. The Labute approximate surface area is 85.1 Å². The lowest BCUT2D eigenvalue weighted by Crippen LogP contribution is -2.47. The van der Waals surface area contributed by atoms with Gasteiger partial charge in [-0.25, -0.2) is 0 Å². The molecule has 80 valence electrons. The van der Waals surface area contributed by atoms with Gasteiger partial charge in [0, 0.05) is 12.6 Å². The first kappa shape index (κ1) is 9.97. The van der Waals surface area contributed by atoms with E-state index in [-0.39, 0.29) is 5.91 Å². The fraction of sp³-hybridized carbons (Fsp3) is 0.909. The van der Waals surface area contributed by atoms with Crippen LogP contribution in [0.4, 0.5) is 0 Å². The average molecular weight is 197 g/mol. The second kappa shape index (κ2) is 3.23. The van der Waals surface area contributed by atoms with Crippen LogP contribution < -0.4 is 0 Å². The predicted octanol–water partition coefficient (Wildman–Crippen LogP) is 1.16. The van der Waals surface area contributed by atoms with Crippen molar-refractivity contribution in [2.75, 3.05) is 6.54 Å². The van der Waals surface area contributed by atoms with E-state index < -0.39 is 5.60 Å². The molecule has 2 aliphatic carbocycles. The van der Waals surface area contributed by atoms with Crippen LogP contribution in [0.15, 0.2) is 0 Å². The van der Waals surface area contributed by atoms with Gasteiger partial charge in [-0.2, -0.15) is 0 Å². The quantitative estimate of drug-likeness (QED) is 0.734. The van der Waals surface area contributed by atoms with E-state index in [1.54, 1.807) is 13.8 Å². The maximum atomic E-state index is 11.9. The molecule has 0 saturated heterocycles. The highest BCUT2D eigenvalue weighted by atomic mass is 16.3. The van der Waals surface area contributed by atoms with Crippen molar-refractivity contribution in [3.8, 4) is 0 Å². The second-order valence-corrected chi connectivity index (χ2v) is 5.19. The highest BCUT2D eigenvalue weighted by Gasteiger charge is 2.40. The number of rotatable bonds is 4. The lowest BCUT2D eigenvalue weighted by molar-refractivity contribution is -0.148. The fourth-order valence-electron chi connectivity index (χ4n) is 1.71. The standard InChI is InChI=1S/C11H19NO2/c1-11(2,14)10(13)12(9-5-6-9)7-8-3-4-8/h8-9,14H,3-7H2,1-2H3. The smallest absolute Gasteiger partial charge is 0.254 e. The first-order valence-corrected chi connectivity index (χ1v) is 5.52. The third-order valence-electron chi connectivity index (χ3n) is 2.92. The molecule has 0 aliphatic heterocycles. The molecule has 0 aromatic carbocycles. The third kappa shape index (κ3) is 2.27. The minimum Gasteiger partial charge on any atom is -0.381 e. The van der Waals surface area contributed by atoms with Crippen molar-refractivity contribution in [3.05, 3.63) is 0 Å². The second-order valence-electron chi connectivity index (χ2n) is 5.19. The van der Waals surface area contributed by atoms with Crippen LogP contribution in [0.5, 0.6) is 0 Å². The molecule has 3 heteroatoms. The van der Waals surface area contributed by atoms with E-state index in [1.165, 1.54) is 12.8 Å². The molecule has 0 radical (unpaired) electrons. The normalized spacial score (nSPS) is 22.2. The first-order valence-electron chi connectivity index (χ1n) is 5.52. The zero-order valence-electron chi connectivity index (χ0n) is 8.99. The molecule has 14 heavy (non-hydrogen) atoms. The van der Waals surface area contributed by atoms with Gasteiger partial charge >= 0.3 is 0 Å². The highest BCUT2D eigenvalue weighted by Crippen LogP contribution is 2.35. The van der Waals surface area contributed by atoms with E-state index in [1.807, 2.05) is 4.90 Å². The molecule has 3 nitrogen and oxygen atoms in total. The van der Waals surface area contributed by atoms with Crippen molar-refractivity contribution < 1.29 is 9.90 Å². The summed E-state index contributed by atoms with van der Waals surface area (Å²) in [5.41, 5.74) is -1.20. The summed E-state index contributed by atoms with van der Waals surface area (Å²) in [5.74, 6) is 0.619.